The molecule has 1 saturated heterocycles. The van der Waals surface area contributed by atoms with Gasteiger partial charge in [-0.25, -0.2) is 0 Å². The molecule has 5 rings (SSSR count). The fourth-order valence-corrected chi connectivity index (χ4v) is 5.46. The maximum atomic E-state index is 12.8. The van der Waals surface area contributed by atoms with Crippen LogP contribution in [0.2, 0.25) is 0 Å². The van der Waals surface area contributed by atoms with Gasteiger partial charge in [-0.1, -0.05) is 60.7 Å². The first-order chi connectivity index (χ1) is 15.1. The number of Topliss-reactive ketones (excluding diaryl/α,β-unsaturated/α-hetero) is 1. The van der Waals surface area contributed by atoms with E-state index in [1.165, 1.54) is 5.56 Å². The largest absolute Gasteiger partial charge is 0.390 e. The topological polar surface area (TPSA) is 53.4 Å². The van der Waals surface area contributed by atoms with Crippen molar-refractivity contribution < 1.29 is 9.90 Å². The Morgan fingerprint density at radius 2 is 1.61 bits per heavy atom. The van der Waals surface area contributed by atoms with Crippen LogP contribution in [0.25, 0.3) is 11.3 Å². The molecule has 0 radical (unpaired) electrons. The smallest absolute Gasteiger partial charge is 0.176 e. The summed E-state index contributed by atoms with van der Waals surface area (Å²) in [7, 11) is 0. The van der Waals surface area contributed by atoms with Crippen molar-refractivity contribution in [3.05, 3.63) is 90.1 Å². The van der Waals surface area contributed by atoms with Crippen molar-refractivity contribution >= 4 is 5.78 Å². The molecule has 4 nitrogen and oxygen atoms in total. The van der Waals surface area contributed by atoms with Crippen LogP contribution in [0.1, 0.15) is 28.8 Å². The lowest BCUT2D eigenvalue weighted by Gasteiger charge is -2.26. The Bertz CT molecular complexity index is 1020. The molecule has 2 aromatic carbocycles. The van der Waals surface area contributed by atoms with Crippen LogP contribution in [0.5, 0.6) is 0 Å². The molecule has 1 aromatic heterocycles. The van der Waals surface area contributed by atoms with E-state index in [0.717, 1.165) is 49.2 Å². The fourth-order valence-electron chi connectivity index (χ4n) is 5.46. The summed E-state index contributed by atoms with van der Waals surface area (Å²) in [5, 5.41) is 11.1. The lowest BCUT2D eigenvalue weighted by molar-refractivity contribution is 0.0355. The predicted molar refractivity (Wildman–Crippen MR) is 122 cm³/mol. The number of rotatable bonds is 6. The van der Waals surface area contributed by atoms with Crippen molar-refractivity contribution in [2.45, 2.75) is 24.9 Å². The second-order valence-electron chi connectivity index (χ2n) is 9.22. The quantitative estimate of drug-likeness (QED) is 0.615. The Morgan fingerprint density at radius 3 is 2.26 bits per heavy atom. The number of likely N-dealkylation sites (tertiary alicyclic amines) is 1. The van der Waals surface area contributed by atoms with E-state index in [0.29, 0.717) is 18.4 Å². The Kier molecular flexibility index (Phi) is 5.43. The number of ketones is 1. The van der Waals surface area contributed by atoms with E-state index in [-0.39, 0.29) is 5.78 Å². The van der Waals surface area contributed by atoms with Crippen molar-refractivity contribution in [3.63, 3.8) is 0 Å². The number of aliphatic hydroxyl groups is 1. The molecule has 158 valence electrons. The monoisotopic (exact) mass is 412 g/mol. The summed E-state index contributed by atoms with van der Waals surface area (Å²) in [5.74, 6) is 1.12. The van der Waals surface area contributed by atoms with Gasteiger partial charge in [-0.2, -0.15) is 0 Å². The summed E-state index contributed by atoms with van der Waals surface area (Å²) in [6.07, 6.45) is 4.16. The second-order valence-corrected chi connectivity index (χ2v) is 9.22. The average molecular weight is 413 g/mol. The molecule has 1 saturated carbocycles. The van der Waals surface area contributed by atoms with Crippen molar-refractivity contribution in [1.82, 2.24) is 9.88 Å². The van der Waals surface area contributed by atoms with E-state index in [2.05, 4.69) is 22.0 Å². The third-order valence-electron chi connectivity index (χ3n) is 6.85. The number of fused-ring (bicyclic) bond motifs is 1. The van der Waals surface area contributed by atoms with Crippen LogP contribution < -0.4 is 0 Å². The van der Waals surface area contributed by atoms with E-state index < -0.39 is 5.60 Å². The van der Waals surface area contributed by atoms with Crippen LogP contribution >= 0.6 is 0 Å². The van der Waals surface area contributed by atoms with Crippen LogP contribution in [-0.4, -0.2) is 46.0 Å². The van der Waals surface area contributed by atoms with Gasteiger partial charge < -0.3 is 5.11 Å². The number of benzene rings is 2. The van der Waals surface area contributed by atoms with E-state index in [4.69, 9.17) is 0 Å². The number of pyridine rings is 1. The summed E-state index contributed by atoms with van der Waals surface area (Å²) in [5.41, 5.74) is 3.28. The minimum absolute atomic E-state index is 0.159. The van der Waals surface area contributed by atoms with Crippen molar-refractivity contribution in [3.8, 4) is 11.3 Å². The molecule has 1 aliphatic heterocycles. The normalized spacial score (nSPS) is 25.5. The van der Waals surface area contributed by atoms with Gasteiger partial charge in [0, 0.05) is 36.8 Å². The molecular weight excluding hydrogens is 384 g/mol. The molecule has 2 heterocycles. The predicted octanol–water partition coefficient (Wildman–Crippen LogP) is 4.25. The van der Waals surface area contributed by atoms with Crippen LogP contribution in [0.4, 0.5) is 0 Å². The zero-order valence-electron chi connectivity index (χ0n) is 17.7. The summed E-state index contributed by atoms with van der Waals surface area (Å²) in [4.78, 5) is 19.5. The number of nitrogens with zero attached hydrogens (tertiary/aromatic N) is 2. The van der Waals surface area contributed by atoms with Crippen molar-refractivity contribution in [1.29, 1.82) is 0 Å². The van der Waals surface area contributed by atoms with Crippen molar-refractivity contribution in [2.75, 3.05) is 19.6 Å². The summed E-state index contributed by atoms with van der Waals surface area (Å²) in [6, 6.07) is 23.8. The molecule has 0 spiro atoms. The first kappa shape index (κ1) is 20.1. The Balaban J connectivity index is 1.16. The molecule has 2 atom stereocenters. The molecule has 4 heteroatoms. The molecule has 0 bridgehead atoms. The Hall–Kier alpha value is -2.82. The average Bonchev–Trinajstić information content (AvgIpc) is 3.28. The van der Waals surface area contributed by atoms with Gasteiger partial charge in [0.25, 0.3) is 0 Å². The number of hydrogen-bond acceptors (Lipinski definition) is 4. The van der Waals surface area contributed by atoms with Crippen LogP contribution in [-0.2, 0) is 6.42 Å². The zero-order valence-corrected chi connectivity index (χ0v) is 17.7. The molecule has 1 N–H and O–H groups in total. The number of carbonyl (C=O) groups is 1. The van der Waals surface area contributed by atoms with Gasteiger partial charge in [-0.3, -0.25) is 14.7 Å². The maximum absolute atomic E-state index is 12.8. The zero-order chi connectivity index (χ0) is 21.3. The molecular formula is C27H28N2O2. The lowest BCUT2D eigenvalue weighted by Crippen LogP contribution is -2.34. The van der Waals surface area contributed by atoms with Gasteiger partial charge in [0.15, 0.2) is 5.78 Å². The summed E-state index contributed by atoms with van der Waals surface area (Å²) in [6.45, 7) is 2.26. The third-order valence-corrected chi connectivity index (χ3v) is 6.85. The number of hydrogen-bond donors (Lipinski definition) is 1. The van der Waals surface area contributed by atoms with Crippen LogP contribution in [0, 0.1) is 11.8 Å². The molecule has 2 aliphatic rings. The highest BCUT2D eigenvalue weighted by molar-refractivity contribution is 5.98. The minimum atomic E-state index is -0.603. The summed E-state index contributed by atoms with van der Waals surface area (Å²) < 4.78 is 0. The standard InChI is InChI=1S/C27H28N2O2/c30-26(22-11-9-21(10-12-22)25-8-4-5-13-28-25)19-29-17-23-15-27(31,16-24(23)18-29)14-20-6-2-1-3-7-20/h1-13,23-24,31H,14-19H2. The van der Waals surface area contributed by atoms with E-state index >= 15 is 0 Å². The first-order valence-corrected chi connectivity index (χ1v) is 11.1. The van der Waals surface area contributed by atoms with E-state index in [9.17, 15) is 9.90 Å². The van der Waals surface area contributed by atoms with Gasteiger partial charge >= 0.3 is 0 Å². The van der Waals surface area contributed by atoms with Crippen molar-refractivity contribution in [2.24, 2.45) is 11.8 Å². The molecule has 31 heavy (non-hydrogen) atoms. The molecule has 2 fully saturated rings. The van der Waals surface area contributed by atoms with Crippen LogP contribution in [0.15, 0.2) is 79.0 Å². The molecule has 1 aliphatic carbocycles. The van der Waals surface area contributed by atoms with Gasteiger partial charge in [0.05, 0.1) is 17.8 Å². The van der Waals surface area contributed by atoms with E-state index in [1.54, 1.807) is 6.20 Å². The molecule has 0 amide bonds. The molecule has 2 unspecified atom stereocenters. The summed E-state index contributed by atoms with van der Waals surface area (Å²) >= 11 is 0. The Labute approximate surface area is 183 Å². The highest BCUT2D eigenvalue weighted by Crippen LogP contribution is 2.45. The van der Waals surface area contributed by atoms with Crippen LogP contribution in [0.3, 0.4) is 0 Å². The fraction of sp³-hybridized carbons (Fsp3) is 0.333. The highest BCUT2D eigenvalue weighted by atomic mass is 16.3. The number of carbonyl (C=O) groups excluding carboxylic acids is 1. The minimum Gasteiger partial charge on any atom is -0.390 e. The van der Waals surface area contributed by atoms with E-state index in [1.807, 2.05) is 60.7 Å². The van der Waals surface area contributed by atoms with Gasteiger partial charge in [0.2, 0.25) is 0 Å². The van der Waals surface area contributed by atoms with Gasteiger partial charge in [0.1, 0.15) is 0 Å². The SMILES string of the molecule is O=C(CN1CC2CC(O)(Cc3ccccc3)CC2C1)c1ccc(-c2ccccn2)cc1. The number of aromatic nitrogens is 1. The molecule has 3 aromatic rings. The first-order valence-electron chi connectivity index (χ1n) is 11.1. The maximum Gasteiger partial charge on any atom is 0.176 e. The Morgan fingerprint density at radius 1 is 0.935 bits per heavy atom. The lowest BCUT2D eigenvalue weighted by atomic mass is 9.91. The third kappa shape index (κ3) is 4.46. The van der Waals surface area contributed by atoms with Gasteiger partial charge in [-0.05, 0) is 42.4 Å². The highest BCUT2D eigenvalue weighted by Gasteiger charge is 2.48. The second kappa shape index (κ2) is 8.37. The van der Waals surface area contributed by atoms with Gasteiger partial charge in [-0.15, -0.1) is 0 Å².